The summed E-state index contributed by atoms with van der Waals surface area (Å²) in [5.41, 5.74) is 2.40. The summed E-state index contributed by atoms with van der Waals surface area (Å²) < 4.78 is 2.09. The fourth-order valence-electron chi connectivity index (χ4n) is 2.11. The molecule has 0 radical (unpaired) electrons. The highest BCUT2D eigenvalue weighted by Crippen LogP contribution is 2.28. The second-order valence-electron chi connectivity index (χ2n) is 4.64. The molecule has 20 heavy (non-hydrogen) atoms. The van der Waals surface area contributed by atoms with E-state index in [9.17, 15) is 0 Å². The van der Waals surface area contributed by atoms with Crippen molar-refractivity contribution in [1.29, 1.82) is 0 Å². The summed E-state index contributed by atoms with van der Waals surface area (Å²) >= 11 is 13.2. The van der Waals surface area contributed by atoms with Gasteiger partial charge < -0.3 is 5.32 Å². The molecule has 0 spiro atoms. The number of hydrogen-bond acceptors (Lipinski definition) is 1. The van der Waals surface area contributed by atoms with E-state index in [1.165, 1.54) is 11.1 Å². The molecule has 106 valence electrons. The quantitative estimate of drug-likeness (QED) is 0.633. The lowest BCUT2D eigenvalue weighted by molar-refractivity contribution is 0.598. The summed E-state index contributed by atoms with van der Waals surface area (Å²) in [5, 5.41) is 4.33. The molecule has 0 saturated heterocycles. The molecule has 0 aliphatic heterocycles. The average Bonchev–Trinajstić information content (AvgIpc) is 2.40. The van der Waals surface area contributed by atoms with Crippen LogP contribution in [0.4, 0.5) is 0 Å². The second kappa shape index (κ2) is 7.60. The van der Waals surface area contributed by atoms with Crippen molar-refractivity contribution >= 4 is 43.5 Å². The highest BCUT2D eigenvalue weighted by molar-refractivity contribution is 9.10. The van der Waals surface area contributed by atoms with Crippen LogP contribution in [0.1, 0.15) is 30.5 Å². The molecular weight excluding hydrogens is 401 g/mol. The van der Waals surface area contributed by atoms with Gasteiger partial charge in [-0.05, 0) is 54.4 Å². The molecule has 1 unspecified atom stereocenters. The average molecular weight is 418 g/mol. The molecule has 0 amide bonds. The van der Waals surface area contributed by atoms with Gasteiger partial charge in [0.15, 0.2) is 0 Å². The molecular formula is C16H16Br2ClN. The van der Waals surface area contributed by atoms with E-state index >= 15 is 0 Å². The molecule has 1 nitrogen and oxygen atoms in total. The Kier molecular flexibility index (Phi) is 6.09. The maximum Gasteiger partial charge on any atom is 0.0577 e. The molecule has 0 bridgehead atoms. The van der Waals surface area contributed by atoms with Crippen LogP contribution in [0.15, 0.2) is 51.4 Å². The van der Waals surface area contributed by atoms with Gasteiger partial charge in [-0.2, -0.15) is 0 Å². The van der Waals surface area contributed by atoms with Crippen LogP contribution in [0.25, 0.3) is 0 Å². The topological polar surface area (TPSA) is 12.0 Å². The summed E-state index contributed by atoms with van der Waals surface area (Å²) in [7, 11) is 0. The van der Waals surface area contributed by atoms with E-state index in [0.29, 0.717) is 0 Å². The van der Waals surface area contributed by atoms with Gasteiger partial charge in [0.2, 0.25) is 0 Å². The Morgan fingerprint density at radius 2 is 1.70 bits per heavy atom. The van der Waals surface area contributed by atoms with Gasteiger partial charge in [-0.15, -0.1) is 0 Å². The zero-order chi connectivity index (χ0) is 14.5. The third-order valence-electron chi connectivity index (χ3n) is 3.02. The lowest BCUT2D eigenvalue weighted by atomic mass is 9.98. The summed E-state index contributed by atoms with van der Waals surface area (Å²) in [6, 6.07) is 14.6. The first-order valence-corrected chi connectivity index (χ1v) is 8.51. The molecule has 0 aromatic heterocycles. The number of halogens is 3. The molecule has 0 heterocycles. The SMILES string of the molecule is CCCNC(c1ccc(Br)cc1)c1cc(Cl)cc(Br)c1. The van der Waals surface area contributed by atoms with Crippen LogP contribution in [0.5, 0.6) is 0 Å². The van der Waals surface area contributed by atoms with Crippen LogP contribution in [0.2, 0.25) is 5.02 Å². The molecule has 0 aliphatic rings. The largest absolute Gasteiger partial charge is 0.306 e. The third kappa shape index (κ3) is 4.32. The van der Waals surface area contributed by atoms with E-state index < -0.39 is 0 Å². The zero-order valence-electron chi connectivity index (χ0n) is 11.2. The van der Waals surface area contributed by atoms with Gasteiger partial charge >= 0.3 is 0 Å². The van der Waals surface area contributed by atoms with E-state index in [2.05, 4.69) is 74.4 Å². The third-order valence-corrected chi connectivity index (χ3v) is 4.22. The van der Waals surface area contributed by atoms with Crippen LogP contribution in [0.3, 0.4) is 0 Å². The van der Waals surface area contributed by atoms with Gasteiger partial charge in [-0.1, -0.05) is 62.5 Å². The van der Waals surface area contributed by atoms with E-state index in [0.717, 1.165) is 26.9 Å². The number of nitrogens with one attached hydrogen (secondary N) is 1. The molecule has 0 saturated carbocycles. The van der Waals surface area contributed by atoms with Gasteiger partial charge in [-0.25, -0.2) is 0 Å². The molecule has 0 aliphatic carbocycles. The van der Waals surface area contributed by atoms with Crippen molar-refractivity contribution < 1.29 is 0 Å². The normalized spacial score (nSPS) is 12.4. The molecule has 2 aromatic carbocycles. The predicted octanol–water partition coefficient (Wildman–Crippen LogP) is 5.95. The van der Waals surface area contributed by atoms with Crippen molar-refractivity contribution in [3.63, 3.8) is 0 Å². The van der Waals surface area contributed by atoms with Crippen molar-refractivity contribution in [3.8, 4) is 0 Å². The van der Waals surface area contributed by atoms with Gasteiger partial charge in [0.25, 0.3) is 0 Å². The zero-order valence-corrected chi connectivity index (χ0v) is 15.1. The van der Waals surface area contributed by atoms with E-state index in [1.807, 2.05) is 12.1 Å². The fourth-order valence-corrected chi connectivity index (χ4v) is 3.26. The van der Waals surface area contributed by atoms with Crippen molar-refractivity contribution in [2.45, 2.75) is 19.4 Å². The summed E-state index contributed by atoms with van der Waals surface area (Å²) in [6.45, 7) is 3.13. The highest BCUT2D eigenvalue weighted by Gasteiger charge is 2.14. The lowest BCUT2D eigenvalue weighted by Gasteiger charge is -2.20. The van der Waals surface area contributed by atoms with Crippen LogP contribution in [-0.4, -0.2) is 6.54 Å². The summed E-state index contributed by atoms with van der Waals surface area (Å²) in [6.07, 6.45) is 1.09. The fraction of sp³-hybridized carbons (Fsp3) is 0.250. The molecule has 4 heteroatoms. The van der Waals surface area contributed by atoms with E-state index in [1.54, 1.807) is 0 Å². The van der Waals surface area contributed by atoms with E-state index in [4.69, 9.17) is 11.6 Å². The van der Waals surface area contributed by atoms with Crippen molar-refractivity contribution in [1.82, 2.24) is 5.32 Å². The minimum Gasteiger partial charge on any atom is -0.306 e. The molecule has 2 aromatic rings. The maximum atomic E-state index is 6.18. The smallest absolute Gasteiger partial charge is 0.0577 e. The predicted molar refractivity (Wildman–Crippen MR) is 93.4 cm³/mol. The summed E-state index contributed by atoms with van der Waals surface area (Å²) in [5.74, 6) is 0. The second-order valence-corrected chi connectivity index (χ2v) is 6.91. The monoisotopic (exact) mass is 415 g/mol. The number of rotatable bonds is 5. The molecule has 0 fully saturated rings. The maximum absolute atomic E-state index is 6.18. The Morgan fingerprint density at radius 3 is 2.30 bits per heavy atom. The minimum absolute atomic E-state index is 0.151. The lowest BCUT2D eigenvalue weighted by Crippen LogP contribution is -2.23. The molecule has 1 N–H and O–H groups in total. The first-order chi connectivity index (χ1) is 9.60. The Morgan fingerprint density at radius 1 is 1.00 bits per heavy atom. The standard InChI is InChI=1S/C16H16Br2ClN/c1-2-7-20-16(11-3-5-13(17)6-4-11)12-8-14(18)10-15(19)9-12/h3-6,8-10,16,20H,2,7H2,1H3. The van der Waals surface area contributed by atoms with Crippen LogP contribution >= 0.6 is 43.5 Å². The first kappa shape index (κ1) is 16.0. The first-order valence-electron chi connectivity index (χ1n) is 6.55. The molecule has 1 atom stereocenters. The van der Waals surface area contributed by atoms with Gasteiger partial charge in [0.05, 0.1) is 6.04 Å². The van der Waals surface area contributed by atoms with Crippen molar-refractivity contribution in [2.75, 3.05) is 6.54 Å². The van der Waals surface area contributed by atoms with Crippen LogP contribution < -0.4 is 5.32 Å². The van der Waals surface area contributed by atoms with Crippen molar-refractivity contribution in [2.24, 2.45) is 0 Å². The van der Waals surface area contributed by atoms with Gasteiger partial charge in [0.1, 0.15) is 0 Å². The Bertz CT molecular complexity index is 549. The Labute approximate surface area is 142 Å². The summed E-state index contributed by atoms with van der Waals surface area (Å²) in [4.78, 5) is 0. The number of hydrogen-bond donors (Lipinski definition) is 1. The number of benzene rings is 2. The van der Waals surface area contributed by atoms with Crippen LogP contribution in [0, 0.1) is 0 Å². The Balaban J connectivity index is 2.38. The van der Waals surface area contributed by atoms with E-state index in [-0.39, 0.29) is 6.04 Å². The van der Waals surface area contributed by atoms with Gasteiger partial charge in [-0.3, -0.25) is 0 Å². The van der Waals surface area contributed by atoms with Crippen LogP contribution in [-0.2, 0) is 0 Å². The molecule has 2 rings (SSSR count). The highest BCUT2D eigenvalue weighted by atomic mass is 79.9. The Hall–Kier alpha value is -0.350. The van der Waals surface area contributed by atoms with Gasteiger partial charge in [0, 0.05) is 14.0 Å². The van der Waals surface area contributed by atoms with Crippen molar-refractivity contribution in [3.05, 3.63) is 67.6 Å². The minimum atomic E-state index is 0.151.